The zero-order valence-corrected chi connectivity index (χ0v) is 10.0. The van der Waals surface area contributed by atoms with Crippen LogP contribution in [-0.4, -0.2) is 19.3 Å². The topological polar surface area (TPSA) is 12.0 Å². The summed E-state index contributed by atoms with van der Waals surface area (Å²) in [5.74, 6) is -1.47. The van der Waals surface area contributed by atoms with E-state index in [4.69, 9.17) is 0 Å². The fourth-order valence-corrected chi connectivity index (χ4v) is 1.65. The SMILES string of the molecule is CC(C)(CNCC(F)(F)F)c1ccc(F)cc1F. The van der Waals surface area contributed by atoms with E-state index in [1.807, 2.05) is 0 Å². The Kier molecular flexibility index (Phi) is 4.32. The van der Waals surface area contributed by atoms with Gasteiger partial charge in [0.05, 0.1) is 6.54 Å². The second-order valence-corrected chi connectivity index (χ2v) is 4.73. The third-order valence-electron chi connectivity index (χ3n) is 2.55. The van der Waals surface area contributed by atoms with Gasteiger partial charge in [-0.25, -0.2) is 8.78 Å². The Morgan fingerprint density at radius 2 is 1.67 bits per heavy atom. The van der Waals surface area contributed by atoms with Crippen molar-refractivity contribution in [2.45, 2.75) is 25.4 Å². The molecule has 1 N–H and O–H groups in total. The lowest BCUT2D eigenvalue weighted by Gasteiger charge is -2.26. The number of benzene rings is 1. The highest BCUT2D eigenvalue weighted by Gasteiger charge is 2.29. The highest BCUT2D eigenvalue weighted by Crippen LogP contribution is 2.26. The molecular formula is C12H14F5N. The molecule has 0 aliphatic heterocycles. The van der Waals surface area contributed by atoms with Crippen LogP contribution in [0.5, 0.6) is 0 Å². The number of nitrogens with one attached hydrogen (secondary N) is 1. The van der Waals surface area contributed by atoms with Gasteiger partial charge < -0.3 is 5.32 Å². The van der Waals surface area contributed by atoms with Gasteiger partial charge in [-0.15, -0.1) is 0 Å². The molecule has 0 aliphatic rings. The van der Waals surface area contributed by atoms with Crippen LogP contribution in [0.4, 0.5) is 22.0 Å². The second kappa shape index (κ2) is 5.22. The first-order valence-corrected chi connectivity index (χ1v) is 5.35. The molecule has 0 bridgehead atoms. The maximum absolute atomic E-state index is 13.5. The Balaban J connectivity index is 2.73. The Hall–Kier alpha value is -1.17. The molecule has 6 heteroatoms. The van der Waals surface area contributed by atoms with Crippen molar-refractivity contribution in [3.05, 3.63) is 35.4 Å². The van der Waals surface area contributed by atoms with Crippen molar-refractivity contribution >= 4 is 0 Å². The minimum Gasteiger partial charge on any atom is -0.308 e. The highest BCUT2D eigenvalue weighted by molar-refractivity contribution is 5.26. The van der Waals surface area contributed by atoms with Crippen LogP contribution >= 0.6 is 0 Å². The van der Waals surface area contributed by atoms with Crippen molar-refractivity contribution in [2.75, 3.05) is 13.1 Å². The molecule has 1 nitrogen and oxygen atoms in total. The first kappa shape index (κ1) is 14.9. The predicted molar refractivity (Wildman–Crippen MR) is 58.3 cm³/mol. The Bertz CT molecular complexity index is 411. The van der Waals surface area contributed by atoms with Gasteiger partial charge in [0.1, 0.15) is 11.6 Å². The summed E-state index contributed by atoms with van der Waals surface area (Å²) in [5.41, 5.74) is -0.679. The molecule has 0 radical (unpaired) electrons. The molecule has 0 aromatic heterocycles. The number of alkyl halides is 3. The maximum atomic E-state index is 13.5. The predicted octanol–water partition coefficient (Wildman–Crippen LogP) is 3.39. The largest absolute Gasteiger partial charge is 0.401 e. The Labute approximate surface area is 102 Å². The molecule has 0 saturated heterocycles. The summed E-state index contributed by atoms with van der Waals surface area (Å²) in [6.45, 7) is 1.98. The van der Waals surface area contributed by atoms with E-state index in [0.717, 1.165) is 12.1 Å². The summed E-state index contributed by atoms with van der Waals surface area (Å²) in [4.78, 5) is 0. The van der Waals surface area contributed by atoms with E-state index in [1.165, 1.54) is 6.07 Å². The number of hydrogen-bond acceptors (Lipinski definition) is 1. The van der Waals surface area contributed by atoms with Crippen LogP contribution in [0.15, 0.2) is 18.2 Å². The lowest BCUT2D eigenvalue weighted by molar-refractivity contribution is -0.125. The smallest absolute Gasteiger partial charge is 0.308 e. The highest BCUT2D eigenvalue weighted by atomic mass is 19.4. The van der Waals surface area contributed by atoms with Gasteiger partial charge in [-0.1, -0.05) is 19.9 Å². The average molecular weight is 267 g/mol. The van der Waals surface area contributed by atoms with E-state index in [-0.39, 0.29) is 12.1 Å². The molecule has 0 aliphatic carbocycles. The van der Waals surface area contributed by atoms with Gasteiger partial charge in [-0.05, 0) is 11.6 Å². The first-order valence-electron chi connectivity index (χ1n) is 5.35. The standard InChI is InChI=1S/C12H14F5N/c1-11(2,6-18-7-12(15,16)17)9-4-3-8(13)5-10(9)14/h3-5,18H,6-7H2,1-2H3. The quantitative estimate of drug-likeness (QED) is 0.824. The zero-order chi connectivity index (χ0) is 14.0. The monoisotopic (exact) mass is 267 g/mol. The Morgan fingerprint density at radius 3 is 2.17 bits per heavy atom. The van der Waals surface area contributed by atoms with Crippen LogP contribution in [0.25, 0.3) is 0 Å². The van der Waals surface area contributed by atoms with E-state index >= 15 is 0 Å². The second-order valence-electron chi connectivity index (χ2n) is 4.73. The maximum Gasteiger partial charge on any atom is 0.401 e. The molecule has 0 saturated carbocycles. The van der Waals surface area contributed by atoms with E-state index in [9.17, 15) is 22.0 Å². The van der Waals surface area contributed by atoms with Crippen LogP contribution in [-0.2, 0) is 5.41 Å². The van der Waals surface area contributed by atoms with Gasteiger partial charge in [0, 0.05) is 18.0 Å². The van der Waals surface area contributed by atoms with Crippen LogP contribution in [0.3, 0.4) is 0 Å². The molecule has 1 aromatic carbocycles. The summed E-state index contributed by atoms with van der Waals surface area (Å²) in [7, 11) is 0. The summed E-state index contributed by atoms with van der Waals surface area (Å²) in [6, 6.07) is 3.06. The minimum absolute atomic E-state index is 0.0605. The number of rotatable bonds is 4. The molecule has 102 valence electrons. The molecule has 0 spiro atoms. The third-order valence-corrected chi connectivity index (χ3v) is 2.55. The van der Waals surface area contributed by atoms with Crippen molar-refractivity contribution in [1.29, 1.82) is 0 Å². The van der Waals surface area contributed by atoms with Crippen molar-refractivity contribution in [2.24, 2.45) is 0 Å². The minimum atomic E-state index is -4.31. The fraction of sp³-hybridized carbons (Fsp3) is 0.500. The molecule has 0 amide bonds. The van der Waals surface area contributed by atoms with Gasteiger partial charge in [-0.3, -0.25) is 0 Å². The van der Waals surface area contributed by atoms with Crippen LogP contribution in [0.2, 0.25) is 0 Å². The van der Waals surface area contributed by atoms with Gasteiger partial charge in [0.15, 0.2) is 0 Å². The summed E-state index contributed by atoms with van der Waals surface area (Å²) < 4.78 is 62.2. The fourth-order valence-electron chi connectivity index (χ4n) is 1.65. The first-order chi connectivity index (χ1) is 8.12. The van der Waals surface area contributed by atoms with Crippen molar-refractivity contribution in [3.63, 3.8) is 0 Å². The van der Waals surface area contributed by atoms with Gasteiger partial charge >= 0.3 is 6.18 Å². The van der Waals surface area contributed by atoms with E-state index in [2.05, 4.69) is 5.32 Å². The van der Waals surface area contributed by atoms with Gasteiger partial charge in [-0.2, -0.15) is 13.2 Å². The molecule has 0 heterocycles. The molecular weight excluding hydrogens is 253 g/mol. The molecule has 0 fully saturated rings. The lowest BCUT2D eigenvalue weighted by Crippen LogP contribution is -2.38. The third kappa shape index (κ3) is 4.25. The van der Waals surface area contributed by atoms with Crippen molar-refractivity contribution < 1.29 is 22.0 Å². The lowest BCUT2D eigenvalue weighted by atomic mass is 9.84. The van der Waals surface area contributed by atoms with Gasteiger partial charge in [0.25, 0.3) is 0 Å². The zero-order valence-electron chi connectivity index (χ0n) is 10.0. The van der Waals surface area contributed by atoms with E-state index < -0.39 is 29.8 Å². The van der Waals surface area contributed by atoms with Crippen LogP contribution in [0, 0.1) is 11.6 Å². The van der Waals surface area contributed by atoms with Crippen LogP contribution in [0.1, 0.15) is 19.4 Å². The van der Waals surface area contributed by atoms with E-state index in [1.54, 1.807) is 13.8 Å². The molecule has 18 heavy (non-hydrogen) atoms. The number of halogens is 5. The van der Waals surface area contributed by atoms with Gasteiger partial charge in [0.2, 0.25) is 0 Å². The Morgan fingerprint density at radius 1 is 1.06 bits per heavy atom. The average Bonchev–Trinajstić information content (AvgIpc) is 2.13. The number of hydrogen-bond donors (Lipinski definition) is 1. The van der Waals surface area contributed by atoms with Crippen molar-refractivity contribution in [3.8, 4) is 0 Å². The summed E-state index contributed by atoms with van der Waals surface area (Å²) in [6.07, 6.45) is -4.31. The van der Waals surface area contributed by atoms with Crippen LogP contribution < -0.4 is 5.32 Å². The van der Waals surface area contributed by atoms with Crippen molar-refractivity contribution in [1.82, 2.24) is 5.32 Å². The summed E-state index contributed by atoms with van der Waals surface area (Å²) in [5, 5.41) is 2.22. The van der Waals surface area contributed by atoms with E-state index in [0.29, 0.717) is 0 Å². The summed E-state index contributed by atoms with van der Waals surface area (Å²) >= 11 is 0. The molecule has 1 rings (SSSR count). The molecule has 0 atom stereocenters. The molecule has 0 unspecified atom stereocenters. The normalized spacial score (nSPS) is 12.8. The molecule has 1 aromatic rings.